The van der Waals surface area contributed by atoms with Crippen LogP contribution in [0.5, 0.6) is 0 Å². The molecule has 0 radical (unpaired) electrons. The zero-order valence-corrected chi connectivity index (χ0v) is 20.1. The van der Waals surface area contributed by atoms with Crippen LogP contribution in [0, 0.1) is 0 Å². The molecular weight excluding hydrogens is 422 g/mol. The molecule has 8 heteroatoms. The number of fused-ring (bicyclic) bond motifs is 1. The second kappa shape index (κ2) is 9.53. The molecule has 1 saturated carbocycles. The van der Waals surface area contributed by atoms with Crippen molar-refractivity contribution in [3.63, 3.8) is 0 Å². The van der Waals surface area contributed by atoms with Gasteiger partial charge in [0.25, 0.3) is 0 Å². The lowest BCUT2D eigenvalue weighted by Gasteiger charge is -2.34. The number of benzene rings is 1. The number of aromatic nitrogens is 4. The van der Waals surface area contributed by atoms with Crippen molar-refractivity contribution in [1.82, 2.24) is 24.2 Å². The number of piperidine rings is 1. The molecule has 3 heterocycles. The molecule has 2 fully saturated rings. The first kappa shape index (κ1) is 21.9. The Bertz CT molecular complexity index is 1030. The highest BCUT2D eigenvalue weighted by Crippen LogP contribution is 2.36. The van der Waals surface area contributed by atoms with E-state index in [4.69, 9.17) is 14.2 Å². The summed E-state index contributed by atoms with van der Waals surface area (Å²) >= 11 is 2.06. The Morgan fingerprint density at radius 1 is 1.09 bits per heavy atom. The van der Waals surface area contributed by atoms with Crippen LogP contribution in [0.15, 0.2) is 28.9 Å². The van der Waals surface area contributed by atoms with Crippen molar-refractivity contribution in [3.8, 4) is 11.4 Å². The van der Waals surface area contributed by atoms with Gasteiger partial charge in [-0.3, -0.25) is 8.99 Å². The molecule has 1 saturated heterocycles. The van der Waals surface area contributed by atoms with Gasteiger partial charge in [-0.25, -0.2) is 0 Å². The predicted molar refractivity (Wildman–Crippen MR) is 128 cm³/mol. The third-order valence-corrected chi connectivity index (χ3v) is 8.28. The number of ether oxygens (including phenoxy) is 1. The molecular formula is C24H33N5O2S. The van der Waals surface area contributed by atoms with Crippen molar-refractivity contribution >= 4 is 22.9 Å². The minimum atomic E-state index is 0.307. The van der Waals surface area contributed by atoms with E-state index in [0.29, 0.717) is 23.9 Å². The number of hydrogen-bond acceptors (Lipinski definition) is 7. The summed E-state index contributed by atoms with van der Waals surface area (Å²) in [5, 5.41) is 10.7. The van der Waals surface area contributed by atoms with Gasteiger partial charge in [-0.15, -0.1) is 0 Å². The molecule has 0 unspecified atom stereocenters. The lowest BCUT2D eigenvalue weighted by Crippen LogP contribution is -2.31. The van der Waals surface area contributed by atoms with Crippen LogP contribution in [0.4, 0.5) is 0 Å². The number of rotatable bonds is 6. The van der Waals surface area contributed by atoms with E-state index in [9.17, 15) is 0 Å². The van der Waals surface area contributed by atoms with Gasteiger partial charge in [-0.2, -0.15) is 10.1 Å². The fourth-order valence-corrected chi connectivity index (χ4v) is 6.23. The fourth-order valence-electron chi connectivity index (χ4n) is 4.90. The quantitative estimate of drug-likeness (QED) is 0.458. The highest BCUT2D eigenvalue weighted by Gasteiger charge is 2.29. The van der Waals surface area contributed by atoms with Crippen LogP contribution in [0.2, 0.25) is 0 Å². The maximum absolute atomic E-state index is 5.72. The van der Waals surface area contributed by atoms with Gasteiger partial charge in [0.05, 0.1) is 17.8 Å². The third-order valence-electron chi connectivity index (χ3n) is 6.84. The first-order chi connectivity index (χ1) is 15.6. The van der Waals surface area contributed by atoms with Crippen molar-refractivity contribution in [2.45, 2.75) is 75.7 Å². The summed E-state index contributed by atoms with van der Waals surface area (Å²) in [5.41, 5.74) is 2.09. The van der Waals surface area contributed by atoms with Crippen LogP contribution in [0.25, 0.3) is 22.3 Å². The van der Waals surface area contributed by atoms with Gasteiger partial charge < -0.3 is 9.26 Å². The lowest BCUT2D eigenvalue weighted by atomic mass is 9.97. The molecule has 0 amide bonds. The minimum Gasteiger partial charge on any atom is -0.381 e. The summed E-state index contributed by atoms with van der Waals surface area (Å²) < 4.78 is 15.8. The van der Waals surface area contributed by atoms with E-state index in [-0.39, 0.29) is 0 Å². The molecule has 3 aromatic rings. The highest BCUT2D eigenvalue weighted by molar-refractivity contribution is 7.97. The zero-order chi connectivity index (χ0) is 22.1. The maximum atomic E-state index is 5.72. The van der Waals surface area contributed by atoms with Crippen LogP contribution in [0.1, 0.15) is 70.2 Å². The smallest absolute Gasteiger partial charge is 0.230 e. The van der Waals surface area contributed by atoms with E-state index in [2.05, 4.69) is 58.6 Å². The third kappa shape index (κ3) is 4.58. The first-order valence-electron chi connectivity index (χ1n) is 11.9. The monoisotopic (exact) mass is 455 g/mol. The molecule has 32 heavy (non-hydrogen) atoms. The summed E-state index contributed by atoms with van der Waals surface area (Å²) in [6.07, 6.45) is 9.43. The predicted octanol–water partition coefficient (Wildman–Crippen LogP) is 5.45. The van der Waals surface area contributed by atoms with Crippen LogP contribution < -0.4 is 0 Å². The molecule has 1 aliphatic carbocycles. The van der Waals surface area contributed by atoms with Crippen LogP contribution in [0.3, 0.4) is 0 Å². The average Bonchev–Trinajstić information content (AvgIpc) is 3.47. The molecule has 5 rings (SSSR count). The SMILES string of the molecule is COC1CCC(SN2CCC(c3nc(-c4ccc5cnn(C(C)C)c5c4)no3)CC2)CC1. The standard InChI is InChI=1S/C24H33N5O2S/c1-16(2)29-22-14-18(4-5-19(22)15-25-29)23-26-24(31-27-23)17-10-12-28(13-11-17)32-21-8-6-20(30-3)7-9-21/h4-5,14-17,20-21H,6-13H2,1-3H3. The summed E-state index contributed by atoms with van der Waals surface area (Å²) in [6.45, 7) is 6.44. The van der Waals surface area contributed by atoms with E-state index >= 15 is 0 Å². The second-order valence-corrected chi connectivity index (χ2v) is 10.7. The molecule has 0 N–H and O–H groups in total. The van der Waals surface area contributed by atoms with Gasteiger partial charge >= 0.3 is 0 Å². The van der Waals surface area contributed by atoms with E-state index in [1.54, 1.807) is 0 Å². The molecule has 1 aliphatic heterocycles. The minimum absolute atomic E-state index is 0.307. The van der Waals surface area contributed by atoms with E-state index < -0.39 is 0 Å². The van der Waals surface area contributed by atoms with Gasteiger partial charge in [-0.1, -0.05) is 29.2 Å². The Morgan fingerprint density at radius 2 is 1.88 bits per heavy atom. The second-order valence-electron chi connectivity index (χ2n) is 9.36. The van der Waals surface area contributed by atoms with E-state index in [1.165, 1.54) is 25.7 Å². The Morgan fingerprint density at radius 3 is 2.59 bits per heavy atom. The number of hydrogen-bond donors (Lipinski definition) is 0. The topological polar surface area (TPSA) is 69.2 Å². The summed E-state index contributed by atoms with van der Waals surface area (Å²) in [7, 11) is 1.84. The van der Waals surface area contributed by atoms with Crippen molar-refractivity contribution in [1.29, 1.82) is 0 Å². The van der Waals surface area contributed by atoms with Crippen molar-refractivity contribution in [3.05, 3.63) is 30.3 Å². The largest absolute Gasteiger partial charge is 0.381 e. The highest BCUT2D eigenvalue weighted by atomic mass is 32.2. The normalized spacial score (nSPS) is 23.4. The van der Waals surface area contributed by atoms with E-state index in [0.717, 1.165) is 53.5 Å². The average molecular weight is 456 g/mol. The fraction of sp³-hybridized carbons (Fsp3) is 0.625. The zero-order valence-electron chi connectivity index (χ0n) is 19.2. The first-order valence-corrected chi connectivity index (χ1v) is 12.7. The molecule has 0 bridgehead atoms. The van der Waals surface area contributed by atoms with Crippen LogP contribution >= 0.6 is 11.9 Å². The summed E-state index contributed by atoms with van der Waals surface area (Å²) in [5.74, 6) is 1.80. The Balaban J connectivity index is 1.20. The Labute approximate surface area is 194 Å². The van der Waals surface area contributed by atoms with Gasteiger partial charge in [-0.05, 0) is 58.4 Å². The Hall–Kier alpha value is -1.90. The molecule has 0 atom stereocenters. The van der Waals surface area contributed by atoms with Crippen LogP contribution in [-0.4, -0.2) is 55.8 Å². The number of nitrogens with zero attached hydrogens (tertiary/aromatic N) is 5. The van der Waals surface area contributed by atoms with Gasteiger partial charge in [0.2, 0.25) is 11.7 Å². The van der Waals surface area contributed by atoms with Crippen molar-refractivity contribution in [2.75, 3.05) is 20.2 Å². The molecule has 7 nitrogen and oxygen atoms in total. The molecule has 2 aromatic heterocycles. The van der Waals surface area contributed by atoms with Gasteiger partial charge in [0.1, 0.15) is 0 Å². The van der Waals surface area contributed by atoms with Crippen molar-refractivity contribution < 1.29 is 9.26 Å². The van der Waals surface area contributed by atoms with Gasteiger partial charge in [0.15, 0.2) is 0 Å². The lowest BCUT2D eigenvalue weighted by molar-refractivity contribution is 0.0720. The number of methoxy groups -OCH3 is 1. The molecule has 1 aromatic carbocycles. The summed E-state index contributed by atoms with van der Waals surface area (Å²) in [4.78, 5) is 4.78. The van der Waals surface area contributed by atoms with Gasteiger partial charge in [0, 0.05) is 48.4 Å². The molecule has 0 spiro atoms. The molecule has 2 aliphatic rings. The molecule has 172 valence electrons. The maximum Gasteiger partial charge on any atom is 0.230 e. The van der Waals surface area contributed by atoms with E-state index in [1.807, 2.05) is 18.0 Å². The summed E-state index contributed by atoms with van der Waals surface area (Å²) in [6, 6.07) is 6.57. The van der Waals surface area contributed by atoms with Crippen molar-refractivity contribution in [2.24, 2.45) is 0 Å². The Kier molecular flexibility index (Phi) is 6.53. The van der Waals surface area contributed by atoms with Crippen LogP contribution in [-0.2, 0) is 4.74 Å².